The number of nitrogens with zero attached hydrogens (tertiary/aromatic N) is 1. The quantitative estimate of drug-likeness (QED) is 0.394. The number of pyridine rings is 1. The first-order valence-corrected chi connectivity index (χ1v) is 12.3. The van der Waals surface area contributed by atoms with Crippen molar-refractivity contribution in [3.05, 3.63) is 58.6 Å². The highest BCUT2D eigenvalue weighted by Gasteiger charge is 2.29. The number of rotatable bonds is 9. The molecule has 1 heterocycles. The second kappa shape index (κ2) is 10.3. The van der Waals surface area contributed by atoms with Gasteiger partial charge in [-0.1, -0.05) is 19.1 Å². The molecule has 184 valence electrons. The molecular formula is C24H29FNO7P. The van der Waals surface area contributed by atoms with E-state index in [2.05, 4.69) is 0 Å². The van der Waals surface area contributed by atoms with Gasteiger partial charge >= 0.3 is 7.82 Å². The van der Waals surface area contributed by atoms with Crippen LogP contribution in [0.2, 0.25) is 0 Å². The fourth-order valence-corrected chi connectivity index (χ4v) is 4.39. The smallest absolute Gasteiger partial charge is 0.474 e. The Kier molecular flexibility index (Phi) is 7.83. The largest absolute Gasteiger partial charge is 0.497 e. The van der Waals surface area contributed by atoms with Gasteiger partial charge in [0.1, 0.15) is 24.0 Å². The molecule has 3 rings (SSSR count). The maximum Gasteiger partial charge on any atom is 0.474 e. The maximum atomic E-state index is 15.0. The lowest BCUT2D eigenvalue weighted by Gasteiger charge is -2.24. The first-order valence-electron chi connectivity index (χ1n) is 10.8. The molecule has 0 fully saturated rings. The Balaban J connectivity index is 2.20. The molecule has 0 aliphatic rings. The molecule has 0 amide bonds. The van der Waals surface area contributed by atoms with Crippen molar-refractivity contribution >= 4 is 18.7 Å². The Bertz CT molecular complexity index is 1270. The average Bonchev–Trinajstić information content (AvgIpc) is 2.76. The highest BCUT2D eigenvalue weighted by Crippen LogP contribution is 2.47. The van der Waals surface area contributed by atoms with Crippen LogP contribution in [0.5, 0.6) is 11.5 Å². The van der Waals surface area contributed by atoms with Crippen molar-refractivity contribution in [2.45, 2.75) is 46.4 Å². The van der Waals surface area contributed by atoms with Crippen LogP contribution in [0.15, 0.2) is 47.4 Å². The second-order valence-electron chi connectivity index (χ2n) is 8.62. The van der Waals surface area contributed by atoms with Gasteiger partial charge in [-0.2, -0.15) is 0 Å². The van der Waals surface area contributed by atoms with E-state index in [-0.39, 0.29) is 22.2 Å². The van der Waals surface area contributed by atoms with Crippen LogP contribution in [0, 0.1) is 5.82 Å². The summed E-state index contributed by atoms with van der Waals surface area (Å²) >= 11 is 0. The van der Waals surface area contributed by atoms with Crippen molar-refractivity contribution in [1.82, 2.24) is 4.57 Å². The van der Waals surface area contributed by atoms with Crippen molar-refractivity contribution in [1.29, 1.82) is 0 Å². The van der Waals surface area contributed by atoms with Gasteiger partial charge in [0.05, 0.1) is 30.2 Å². The zero-order valence-electron chi connectivity index (χ0n) is 19.8. The highest BCUT2D eigenvalue weighted by atomic mass is 31.2. The maximum absolute atomic E-state index is 15.0. The third kappa shape index (κ3) is 6.04. The summed E-state index contributed by atoms with van der Waals surface area (Å²) in [6.45, 7) is 6.60. The molecule has 0 radical (unpaired) electrons. The lowest BCUT2D eigenvalue weighted by Crippen LogP contribution is -2.19. The van der Waals surface area contributed by atoms with E-state index in [1.165, 1.54) is 23.9 Å². The molecule has 0 saturated carbocycles. The molecule has 3 aromatic rings. The Labute approximate surface area is 197 Å². The van der Waals surface area contributed by atoms with Crippen molar-refractivity contribution in [2.24, 2.45) is 0 Å². The Hall–Kier alpha value is -2.71. The van der Waals surface area contributed by atoms with E-state index in [4.69, 9.17) is 18.5 Å². The third-order valence-corrected chi connectivity index (χ3v) is 5.97. The molecule has 1 aromatic heterocycles. The number of fused-ring (bicyclic) bond motifs is 1. The molecule has 10 heteroatoms. The summed E-state index contributed by atoms with van der Waals surface area (Å²) in [5, 5.41) is -0.213. The number of benzene rings is 2. The van der Waals surface area contributed by atoms with E-state index in [1.54, 1.807) is 45.0 Å². The van der Waals surface area contributed by atoms with Gasteiger partial charge in [-0.05, 0) is 57.0 Å². The second-order valence-corrected chi connectivity index (χ2v) is 10.00. The Morgan fingerprint density at radius 1 is 1.12 bits per heavy atom. The van der Waals surface area contributed by atoms with Crippen molar-refractivity contribution < 1.29 is 32.4 Å². The van der Waals surface area contributed by atoms with Crippen molar-refractivity contribution in [2.75, 3.05) is 13.7 Å². The topological polar surface area (TPSA) is 96.2 Å². The minimum Gasteiger partial charge on any atom is -0.497 e. The Morgan fingerprint density at radius 3 is 2.38 bits per heavy atom. The Morgan fingerprint density at radius 2 is 1.79 bits per heavy atom. The molecule has 0 spiro atoms. The summed E-state index contributed by atoms with van der Waals surface area (Å²) in [6.07, 6.45) is 2.14. The van der Waals surface area contributed by atoms with Crippen LogP contribution >= 0.6 is 7.82 Å². The molecule has 0 aliphatic carbocycles. The predicted octanol–water partition coefficient (Wildman–Crippen LogP) is 5.49. The first kappa shape index (κ1) is 25.9. The summed E-state index contributed by atoms with van der Waals surface area (Å²) in [4.78, 5) is 23.5. The number of halogens is 1. The van der Waals surface area contributed by atoms with Gasteiger partial charge in [0, 0.05) is 11.8 Å². The number of phosphoric ester groups is 1. The van der Waals surface area contributed by atoms with Crippen molar-refractivity contribution in [3.63, 3.8) is 0 Å². The van der Waals surface area contributed by atoms with Gasteiger partial charge in [-0.25, -0.2) is 8.96 Å². The number of ether oxygens (including phenoxy) is 2. The fourth-order valence-electron chi connectivity index (χ4n) is 3.38. The van der Waals surface area contributed by atoms with E-state index in [0.717, 1.165) is 6.07 Å². The van der Waals surface area contributed by atoms with E-state index in [9.17, 15) is 18.6 Å². The molecule has 34 heavy (non-hydrogen) atoms. The van der Waals surface area contributed by atoms with Crippen LogP contribution in [0.1, 0.15) is 34.1 Å². The van der Waals surface area contributed by atoms with Gasteiger partial charge in [0.15, 0.2) is 5.43 Å². The minimum absolute atomic E-state index is 0.117. The number of hydrogen-bond acceptors (Lipinski definition) is 6. The van der Waals surface area contributed by atoms with E-state index >= 15 is 0 Å². The van der Waals surface area contributed by atoms with Gasteiger partial charge in [-0.3, -0.25) is 13.8 Å². The van der Waals surface area contributed by atoms with Crippen LogP contribution < -0.4 is 14.9 Å². The summed E-state index contributed by atoms with van der Waals surface area (Å²) in [5.41, 5.74) is -0.680. The highest BCUT2D eigenvalue weighted by molar-refractivity contribution is 7.47. The SMILES string of the molecule is CCCOc1ccc(F)c2c(=O)c(-c3ccc(OC)cc3)cn(COP(=O)(O)OC(C)(C)C)c12. The molecule has 2 aromatic carbocycles. The van der Waals surface area contributed by atoms with Crippen LogP contribution in [0.25, 0.3) is 22.0 Å². The average molecular weight is 493 g/mol. The van der Waals surface area contributed by atoms with Gasteiger partial charge in [0.2, 0.25) is 0 Å². The number of aromatic nitrogens is 1. The molecule has 0 aliphatic heterocycles. The molecule has 0 saturated heterocycles. The summed E-state index contributed by atoms with van der Waals surface area (Å²) in [6, 6.07) is 9.27. The fraction of sp³-hybridized carbons (Fsp3) is 0.375. The van der Waals surface area contributed by atoms with Crippen molar-refractivity contribution in [3.8, 4) is 22.6 Å². The monoisotopic (exact) mass is 493 g/mol. The lowest BCUT2D eigenvalue weighted by molar-refractivity contribution is 0.0492. The van der Waals surface area contributed by atoms with E-state index < -0.39 is 31.4 Å². The molecule has 1 unspecified atom stereocenters. The van der Waals surface area contributed by atoms with E-state index in [1.807, 2.05) is 6.92 Å². The first-order chi connectivity index (χ1) is 16.0. The van der Waals surface area contributed by atoms with Crippen LogP contribution in [0.4, 0.5) is 4.39 Å². The van der Waals surface area contributed by atoms with Gasteiger partial charge < -0.3 is 18.9 Å². The standard InChI is InChI=1S/C24H29FNO7P/c1-6-13-31-20-12-11-19(25)21-22(20)26(15-32-34(28,29)33-24(2,3)4)14-18(23(21)27)16-7-9-17(30-5)10-8-16/h7-12,14H,6,13,15H2,1-5H3,(H,28,29). The van der Waals surface area contributed by atoms with Crippen LogP contribution in [-0.2, 0) is 20.3 Å². The molecular weight excluding hydrogens is 464 g/mol. The van der Waals surface area contributed by atoms with E-state index in [0.29, 0.717) is 24.3 Å². The molecule has 8 nitrogen and oxygen atoms in total. The number of methoxy groups -OCH3 is 1. The third-order valence-electron chi connectivity index (χ3n) is 4.75. The van der Waals surface area contributed by atoms with Crippen LogP contribution in [0.3, 0.4) is 0 Å². The number of hydrogen-bond donors (Lipinski definition) is 1. The molecule has 1 atom stereocenters. The molecule has 0 bridgehead atoms. The minimum atomic E-state index is -4.47. The summed E-state index contributed by atoms with van der Waals surface area (Å²) < 4.78 is 50.1. The zero-order chi connectivity index (χ0) is 25.1. The summed E-state index contributed by atoms with van der Waals surface area (Å²) in [7, 11) is -2.94. The number of phosphoric acid groups is 1. The lowest BCUT2D eigenvalue weighted by atomic mass is 10.0. The zero-order valence-corrected chi connectivity index (χ0v) is 20.7. The van der Waals surface area contributed by atoms with Crippen LogP contribution in [-0.4, -0.2) is 28.8 Å². The summed E-state index contributed by atoms with van der Waals surface area (Å²) in [5.74, 6) is 0.103. The van der Waals surface area contributed by atoms with Gasteiger partial charge in [0.25, 0.3) is 0 Å². The molecule has 1 N–H and O–H groups in total. The van der Waals surface area contributed by atoms with Gasteiger partial charge in [-0.15, -0.1) is 0 Å². The predicted molar refractivity (Wildman–Crippen MR) is 128 cm³/mol. The normalized spacial score (nSPS) is 13.6.